The van der Waals surface area contributed by atoms with E-state index in [1.54, 1.807) is 0 Å². The number of hydrogen-bond donors (Lipinski definition) is 3. The molecule has 1 fully saturated rings. The highest BCUT2D eigenvalue weighted by molar-refractivity contribution is 5.90. The highest BCUT2D eigenvalue weighted by Crippen LogP contribution is 2.27. The molecule has 20 heavy (non-hydrogen) atoms. The topological polar surface area (TPSA) is 87.7 Å². The van der Waals surface area contributed by atoms with Crippen LogP contribution in [0.25, 0.3) is 0 Å². The van der Waals surface area contributed by atoms with Crippen LogP contribution in [0.5, 0.6) is 0 Å². The van der Waals surface area contributed by atoms with E-state index >= 15 is 0 Å². The Balaban J connectivity index is 2.02. The first-order valence-electron chi connectivity index (χ1n) is 7.02. The first-order valence-corrected chi connectivity index (χ1v) is 7.02. The Kier molecular flexibility index (Phi) is 4.98. The maximum Gasteiger partial charge on any atom is 0.221 e. The molecule has 1 aromatic rings. The molecule has 0 radical (unpaired) electrons. The van der Waals surface area contributed by atoms with E-state index in [2.05, 4.69) is 10.5 Å². The number of amidine groups is 1. The molecule has 0 aromatic heterocycles. The van der Waals surface area contributed by atoms with E-state index in [-0.39, 0.29) is 11.7 Å². The van der Waals surface area contributed by atoms with E-state index in [9.17, 15) is 4.79 Å². The van der Waals surface area contributed by atoms with Gasteiger partial charge < -0.3 is 16.3 Å². The molecule has 5 heteroatoms. The Morgan fingerprint density at radius 1 is 1.35 bits per heavy atom. The molecule has 4 N–H and O–H groups in total. The lowest BCUT2D eigenvalue weighted by atomic mass is 10.0. The highest BCUT2D eigenvalue weighted by Gasteiger charge is 2.23. The molecule has 1 unspecified atom stereocenters. The van der Waals surface area contributed by atoms with Crippen molar-refractivity contribution in [2.45, 2.75) is 38.1 Å². The molecule has 0 heterocycles. The minimum Gasteiger partial charge on any atom is -0.409 e. The smallest absolute Gasteiger partial charge is 0.221 e. The van der Waals surface area contributed by atoms with Crippen molar-refractivity contribution in [2.24, 2.45) is 16.8 Å². The van der Waals surface area contributed by atoms with Crippen LogP contribution in [0.1, 0.15) is 43.7 Å². The van der Waals surface area contributed by atoms with Crippen molar-refractivity contribution in [1.29, 1.82) is 0 Å². The largest absolute Gasteiger partial charge is 0.409 e. The van der Waals surface area contributed by atoms with Gasteiger partial charge in [0.25, 0.3) is 0 Å². The molecular weight excluding hydrogens is 254 g/mol. The summed E-state index contributed by atoms with van der Waals surface area (Å²) in [7, 11) is 0. The normalized spacial score (nSPS) is 17.9. The number of nitrogens with one attached hydrogen (secondary N) is 1. The molecule has 1 amide bonds. The summed E-state index contributed by atoms with van der Waals surface area (Å²) in [5.74, 6) is 0.423. The van der Waals surface area contributed by atoms with Crippen LogP contribution in [0.15, 0.2) is 35.5 Å². The van der Waals surface area contributed by atoms with Gasteiger partial charge in [-0.2, -0.15) is 0 Å². The number of hydrogen-bond acceptors (Lipinski definition) is 3. The number of nitrogens with two attached hydrogens (primary N) is 1. The van der Waals surface area contributed by atoms with Gasteiger partial charge in [0.1, 0.15) is 6.04 Å². The van der Waals surface area contributed by atoms with Crippen LogP contribution < -0.4 is 11.1 Å². The van der Waals surface area contributed by atoms with E-state index in [1.165, 1.54) is 12.8 Å². The Morgan fingerprint density at radius 2 is 2.00 bits per heavy atom. The first-order chi connectivity index (χ1) is 9.70. The fraction of sp³-hybridized carbons (Fsp3) is 0.467. The van der Waals surface area contributed by atoms with E-state index in [0.717, 1.165) is 18.4 Å². The minimum absolute atomic E-state index is 0.00373. The zero-order valence-corrected chi connectivity index (χ0v) is 11.5. The van der Waals surface area contributed by atoms with Crippen molar-refractivity contribution in [3.8, 4) is 0 Å². The molecule has 5 nitrogen and oxygen atoms in total. The van der Waals surface area contributed by atoms with Crippen LogP contribution in [-0.2, 0) is 4.79 Å². The van der Waals surface area contributed by atoms with Crippen LogP contribution in [-0.4, -0.2) is 17.0 Å². The van der Waals surface area contributed by atoms with Crippen molar-refractivity contribution in [1.82, 2.24) is 5.32 Å². The van der Waals surface area contributed by atoms with Gasteiger partial charge >= 0.3 is 0 Å². The van der Waals surface area contributed by atoms with Crippen LogP contribution in [0.3, 0.4) is 0 Å². The van der Waals surface area contributed by atoms with Crippen LogP contribution in [0.4, 0.5) is 0 Å². The highest BCUT2D eigenvalue weighted by atomic mass is 16.4. The third-order valence-electron chi connectivity index (χ3n) is 3.80. The molecule has 0 aliphatic heterocycles. The van der Waals surface area contributed by atoms with Gasteiger partial charge in [-0.25, -0.2) is 0 Å². The third-order valence-corrected chi connectivity index (χ3v) is 3.80. The van der Waals surface area contributed by atoms with Crippen LogP contribution in [0.2, 0.25) is 0 Å². The van der Waals surface area contributed by atoms with Crippen molar-refractivity contribution in [3.63, 3.8) is 0 Å². The summed E-state index contributed by atoms with van der Waals surface area (Å²) in [6, 6.07) is 8.71. The number of nitrogens with zero attached hydrogens (tertiary/aromatic N) is 1. The van der Waals surface area contributed by atoms with Gasteiger partial charge in [-0.3, -0.25) is 4.79 Å². The lowest BCUT2D eigenvalue weighted by molar-refractivity contribution is -0.122. The summed E-state index contributed by atoms with van der Waals surface area (Å²) in [5, 5.41) is 14.8. The predicted molar refractivity (Wildman–Crippen MR) is 77.3 cm³/mol. The van der Waals surface area contributed by atoms with Crippen LogP contribution >= 0.6 is 0 Å². The van der Waals surface area contributed by atoms with Crippen molar-refractivity contribution in [3.05, 3.63) is 35.9 Å². The Morgan fingerprint density at radius 3 is 2.60 bits per heavy atom. The molecule has 1 aliphatic rings. The Hall–Kier alpha value is -2.04. The van der Waals surface area contributed by atoms with Crippen molar-refractivity contribution >= 4 is 11.7 Å². The van der Waals surface area contributed by atoms with Gasteiger partial charge in [-0.15, -0.1) is 0 Å². The maximum atomic E-state index is 12.1. The van der Waals surface area contributed by atoms with Gasteiger partial charge in [0, 0.05) is 6.42 Å². The SMILES string of the molecule is N/C(=N/O)C(NC(=O)CC1CCCC1)c1ccccc1. The summed E-state index contributed by atoms with van der Waals surface area (Å²) in [6.07, 6.45) is 5.17. The first kappa shape index (κ1) is 14.4. The Bertz CT molecular complexity index is 467. The summed E-state index contributed by atoms with van der Waals surface area (Å²) >= 11 is 0. The molecule has 0 spiro atoms. The second-order valence-corrected chi connectivity index (χ2v) is 5.29. The quantitative estimate of drug-likeness (QED) is 0.333. The van der Waals surface area contributed by atoms with Gasteiger partial charge in [-0.05, 0) is 24.3 Å². The fourth-order valence-corrected chi connectivity index (χ4v) is 2.73. The number of oxime groups is 1. The number of benzene rings is 1. The van der Waals surface area contributed by atoms with Gasteiger partial charge in [0.15, 0.2) is 5.84 Å². The molecule has 1 saturated carbocycles. The fourth-order valence-electron chi connectivity index (χ4n) is 2.73. The average Bonchev–Trinajstić information content (AvgIpc) is 2.97. The van der Waals surface area contributed by atoms with Crippen molar-refractivity contribution < 1.29 is 10.0 Å². The molecule has 2 rings (SSSR count). The molecule has 1 aliphatic carbocycles. The van der Waals surface area contributed by atoms with Gasteiger partial charge in [0.05, 0.1) is 0 Å². The van der Waals surface area contributed by atoms with E-state index < -0.39 is 6.04 Å². The zero-order valence-electron chi connectivity index (χ0n) is 11.5. The maximum absolute atomic E-state index is 12.1. The Labute approximate surface area is 118 Å². The summed E-state index contributed by atoms with van der Waals surface area (Å²) < 4.78 is 0. The monoisotopic (exact) mass is 275 g/mol. The van der Waals surface area contributed by atoms with E-state index in [0.29, 0.717) is 12.3 Å². The molecular formula is C15H21N3O2. The van der Waals surface area contributed by atoms with E-state index in [1.807, 2.05) is 30.3 Å². The lowest BCUT2D eigenvalue weighted by Crippen LogP contribution is -2.38. The van der Waals surface area contributed by atoms with E-state index in [4.69, 9.17) is 10.9 Å². The molecule has 0 saturated heterocycles. The summed E-state index contributed by atoms with van der Waals surface area (Å²) in [6.45, 7) is 0. The predicted octanol–water partition coefficient (Wildman–Crippen LogP) is 2.17. The average molecular weight is 275 g/mol. The summed E-state index contributed by atoms with van der Waals surface area (Å²) in [4.78, 5) is 12.1. The van der Waals surface area contributed by atoms with Gasteiger partial charge in [-0.1, -0.05) is 48.3 Å². The third kappa shape index (κ3) is 3.73. The number of carbonyl (C=O) groups excluding carboxylic acids is 1. The lowest BCUT2D eigenvalue weighted by Gasteiger charge is -2.19. The summed E-state index contributed by atoms with van der Waals surface area (Å²) in [5.41, 5.74) is 6.50. The molecule has 1 aromatic carbocycles. The molecule has 108 valence electrons. The molecule has 0 bridgehead atoms. The second-order valence-electron chi connectivity index (χ2n) is 5.29. The van der Waals surface area contributed by atoms with Crippen molar-refractivity contribution in [2.75, 3.05) is 0 Å². The zero-order chi connectivity index (χ0) is 14.4. The number of carbonyl (C=O) groups is 1. The minimum atomic E-state index is -0.574. The van der Waals surface area contributed by atoms with Gasteiger partial charge in [0.2, 0.25) is 5.91 Å². The van der Waals surface area contributed by atoms with Crippen LogP contribution in [0, 0.1) is 5.92 Å². The number of rotatable bonds is 5. The standard InChI is InChI=1S/C15H21N3O2/c16-15(18-20)14(12-8-2-1-3-9-12)17-13(19)10-11-6-4-5-7-11/h1-3,8-9,11,14,20H,4-7,10H2,(H2,16,18)(H,17,19). The second kappa shape index (κ2) is 6.93. The molecule has 1 atom stereocenters. The number of amides is 1.